The monoisotopic (exact) mass is 560 g/mol. The van der Waals surface area contributed by atoms with Crippen LogP contribution < -0.4 is 9.47 Å². The Balaban J connectivity index is 1.58. The summed E-state index contributed by atoms with van der Waals surface area (Å²) in [7, 11) is 1.45. The largest absolute Gasteiger partial charge is 0.496 e. The van der Waals surface area contributed by atoms with E-state index in [-0.39, 0.29) is 11.5 Å². The SMILES string of the molecule is COc1cc(O[C@@H]2O[C@H](C(=O)O)[C@@H](O)[C@H](O)[C@H]2O)ccc1[C@](O)(CCCN1[C@H](C)CCC[C@@H]1C)c1ccccn1. The summed E-state index contributed by atoms with van der Waals surface area (Å²) in [6.07, 6.45) is -2.42. The van der Waals surface area contributed by atoms with E-state index >= 15 is 0 Å². The predicted octanol–water partition coefficient (Wildman–Crippen LogP) is 1.64. The number of aliphatic hydroxyl groups excluding tert-OH is 3. The number of aliphatic carboxylic acids is 1. The molecule has 0 aliphatic carbocycles. The van der Waals surface area contributed by atoms with Crippen molar-refractivity contribution in [2.75, 3.05) is 13.7 Å². The van der Waals surface area contributed by atoms with Gasteiger partial charge in [-0.05, 0) is 70.3 Å². The first kappa shape index (κ1) is 30.2. The summed E-state index contributed by atoms with van der Waals surface area (Å²) in [6.45, 7) is 5.32. The molecule has 2 aliphatic rings. The number of likely N-dealkylation sites (tertiary alicyclic amines) is 1. The van der Waals surface area contributed by atoms with Crippen molar-refractivity contribution in [3.8, 4) is 11.5 Å². The molecule has 40 heavy (non-hydrogen) atoms. The van der Waals surface area contributed by atoms with Crippen molar-refractivity contribution in [1.29, 1.82) is 0 Å². The van der Waals surface area contributed by atoms with Crippen LogP contribution in [0.5, 0.6) is 11.5 Å². The smallest absolute Gasteiger partial charge is 0.335 e. The Morgan fingerprint density at radius 2 is 1.82 bits per heavy atom. The summed E-state index contributed by atoms with van der Waals surface area (Å²) < 4.78 is 16.5. The molecule has 1 aromatic carbocycles. The highest BCUT2D eigenvalue weighted by atomic mass is 16.7. The van der Waals surface area contributed by atoms with Gasteiger partial charge in [-0.2, -0.15) is 0 Å². The van der Waals surface area contributed by atoms with E-state index in [2.05, 4.69) is 23.7 Å². The molecule has 5 N–H and O–H groups in total. The number of nitrogens with zero attached hydrogens (tertiary/aromatic N) is 2. The lowest BCUT2D eigenvalue weighted by molar-refractivity contribution is -0.271. The average Bonchev–Trinajstić information content (AvgIpc) is 2.95. The van der Waals surface area contributed by atoms with Crippen LogP contribution in [0.4, 0.5) is 0 Å². The molecule has 8 atom stereocenters. The lowest BCUT2D eigenvalue weighted by Gasteiger charge is -2.40. The molecule has 11 nitrogen and oxygen atoms in total. The molecule has 0 saturated carbocycles. The second-order valence-corrected chi connectivity index (χ2v) is 10.8. The number of ether oxygens (including phenoxy) is 3. The third-order valence-electron chi connectivity index (χ3n) is 8.10. The van der Waals surface area contributed by atoms with Gasteiger partial charge in [-0.1, -0.05) is 12.5 Å². The Morgan fingerprint density at radius 3 is 2.45 bits per heavy atom. The predicted molar refractivity (Wildman–Crippen MR) is 144 cm³/mol. The number of hydrogen-bond acceptors (Lipinski definition) is 10. The third-order valence-corrected chi connectivity index (χ3v) is 8.10. The summed E-state index contributed by atoms with van der Waals surface area (Å²) in [6, 6.07) is 11.0. The Kier molecular flexibility index (Phi) is 9.65. The maximum atomic E-state index is 12.1. The Labute approximate surface area is 233 Å². The third kappa shape index (κ3) is 6.24. The number of methoxy groups -OCH3 is 1. The minimum Gasteiger partial charge on any atom is -0.496 e. The molecule has 220 valence electrons. The van der Waals surface area contributed by atoms with Crippen LogP contribution in [0, 0.1) is 0 Å². The zero-order valence-corrected chi connectivity index (χ0v) is 23.1. The molecule has 2 aliphatic heterocycles. The van der Waals surface area contributed by atoms with Gasteiger partial charge < -0.3 is 39.7 Å². The number of benzene rings is 1. The number of carboxylic acids is 1. The van der Waals surface area contributed by atoms with Crippen LogP contribution in [0.15, 0.2) is 42.6 Å². The van der Waals surface area contributed by atoms with E-state index < -0.39 is 42.3 Å². The molecule has 2 saturated heterocycles. The number of carboxylic acid groups (broad SMARTS) is 1. The van der Waals surface area contributed by atoms with Gasteiger partial charge in [0.05, 0.1) is 12.8 Å². The van der Waals surface area contributed by atoms with Gasteiger partial charge in [0, 0.05) is 29.9 Å². The molecule has 0 radical (unpaired) electrons. The van der Waals surface area contributed by atoms with Crippen molar-refractivity contribution in [1.82, 2.24) is 9.88 Å². The number of rotatable bonds is 10. The summed E-state index contributed by atoms with van der Waals surface area (Å²) in [5.41, 5.74) is -0.554. The molecule has 0 spiro atoms. The van der Waals surface area contributed by atoms with E-state index in [4.69, 9.17) is 14.2 Å². The van der Waals surface area contributed by atoms with E-state index in [0.717, 1.165) is 19.4 Å². The van der Waals surface area contributed by atoms with Crippen molar-refractivity contribution in [2.24, 2.45) is 0 Å². The van der Waals surface area contributed by atoms with Crippen LogP contribution in [-0.2, 0) is 15.1 Å². The van der Waals surface area contributed by atoms with Crippen LogP contribution in [0.25, 0.3) is 0 Å². The van der Waals surface area contributed by atoms with Crippen LogP contribution in [0.3, 0.4) is 0 Å². The molecule has 1 aromatic heterocycles. The molecular formula is C29H40N2O9. The maximum Gasteiger partial charge on any atom is 0.335 e. The van der Waals surface area contributed by atoms with E-state index in [1.165, 1.54) is 25.7 Å². The molecule has 11 heteroatoms. The number of hydrogen-bond donors (Lipinski definition) is 5. The molecule has 4 rings (SSSR count). The highest BCUT2D eigenvalue weighted by Crippen LogP contribution is 2.41. The fraction of sp³-hybridized carbons (Fsp3) is 0.586. The summed E-state index contributed by atoms with van der Waals surface area (Å²) in [5.74, 6) is -1.09. The van der Waals surface area contributed by atoms with E-state index in [0.29, 0.717) is 36.2 Å². The zero-order chi connectivity index (χ0) is 29.0. The molecular weight excluding hydrogens is 520 g/mol. The first-order chi connectivity index (χ1) is 19.1. The Morgan fingerprint density at radius 1 is 1.10 bits per heavy atom. The normalized spacial score (nSPS) is 30.8. The van der Waals surface area contributed by atoms with Crippen molar-refractivity contribution in [2.45, 2.75) is 94.3 Å². The Bertz CT molecular complexity index is 1130. The summed E-state index contributed by atoms with van der Waals surface area (Å²) in [4.78, 5) is 18.4. The van der Waals surface area contributed by atoms with Crippen LogP contribution >= 0.6 is 0 Å². The number of aliphatic hydroxyl groups is 4. The molecule has 0 amide bonds. The molecule has 0 bridgehead atoms. The lowest BCUT2D eigenvalue weighted by Crippen LogP contribution is -2.61. The van der Waals surface area contributed by atoms with Gasteiger partial charge >= 0.3 is 5.97 Å². The van der Waals surface area contributed by atoms with Crippen molar-refractivity contribution >= 4 is 5.97 Å². The molecule has 0 unspecified atom stereocenters. The second-order valence-electron chi connectivity index (χ2n) is 10.8. The number of aromatic nitrogens is 1. The molecule has 3 heterocycles. The van der Waals surface area contributed by atoms with Crippen molar-refractivity contribution < 1.29 is 44.5 Å². The standard InChI is InChI=1S/C29H40N2O9/c1-17-8-6-9-18(2)31(17)15-7-13-29(37,22-10-4-5-14-30-22)20-12-11-19(16-21(20)38-3)39-28-25(34)23(32)24(33)26(40-28)27(35)36/h4-5,10-12,14,16-18,23-26,28,32-34,37H,6-9,13,15H2,1-3H3,(H,35,36)/t17-,18+,23-,24-,25+,26-,28+,29+/m0/s1. The van der Waals surface area contributed by atoms with Crippen LogP contribution in [0.2, 0.25) is 0 Å². The molecule has 2 aromatic rings. The van der Waals surface area contributed by atoms with Gasteiger partial charge in [-0.25, -0.2) is 4.79 Å². The number of pyridine rings is 1. The van der Waals surface area contributed by atoms with Gasteiger partial charge in [0.15, 0.2) is 6.10 Å². The topological polar surface area (TPSA) is 162 Å². The van der Waals surface area contributed by atoms with E-state index in [9.17, 15) is 30.3 Å². The highest BCUT2D eigenvalue weighted by Gasteiger charge is 2.48. The number of carbonyl (C=O) groups is 1. The fourth-order valence-electron chi connectivity index (χ4n) is 5.81. The Hall–Kier alpha value is -2.80. The highest BCUT2D eigenvalue weighted by molar-refractivity contribution is 5.73. The maximum absolute atomic E-state index is 12.1. The van der Waals surface area contributed by atoms with Crippen LogP contribution in [0.1, 0.15) is 57.2 Å². The number of piperidine rings is 1. The minimum atomic E-state index is -1.83. The first-order valence-electron chi connectivity index (χ1n) is 13.7. The molecule has 2 fully saturated rings. The van der Waals surface area contributed by atoms with Crippen molar-refractivity contribution in [3.63, 3.8) is 0 Å². The van der Waals surface area contributed by atoms with Crippen LogP contribution in [-0.4, -0.2) is 97.8 Å². The van der Waals surface area contributed by atoms with E-state index in [1.54, 1.807) is 24.4 Å². The van der Waals surface area contributed by atoms with Gasteiger partial charge in [0.1, 0.15) is 35.4 Å². The first-order valence-corrected chi connectivity index (χ1v) is 13.7. The lowest BCUT2D eigenvalue weighted by atomic mass is 9.84. The summed E-state index contributed by atoms with van der Waals surface area (Å²) >= 11 is 0. The summed E-state index contributed by atoms with van der Waals surface area (Å²) in [5, 5.41) is 51.8. The quantitative estimate of drug-likeness (QED) is 0.287. The average molecular weight is 561 g/mol. The fourth-order valence-corrected chi connectivity index (χ4v) is 5.81. The van der Waals surface area contributed by atoms with Gasteiger partial charge in [0.2, 0.25) is 6.29 Å². The van der Waals surface area contributed by atoms with Gasteiger partial charge in [0.25, 0.3) is 0 Å². The van der Waals surface area contributed by atoms with Crippen molar-refractivity contribution in [3.05, 3.63) is 53.9 Å². The minimum absolute atomic E-state index is 0.136. The zero-order valence-electron chi connectivity index (χ0n) is 23.1. The van der Waals surface area contributed by atoms with E-state index in [1.807, 2.05) is 6.07 Å². The second kappa shape index (κ2) is 12.8. The van der Waals surface area contributed by atoms with Gasteiger partial charge in [-0.15, -0.1) is 0 Å². The van der Waals surface area contributed by atoms with Gasteiger partial charge in [-0.3, -0.25) is 9.88 Å².